The zero-order chi connectivity index (χ0) is 21.1. The van der Waals surface area contributed by atoms with E-state index in [-0.39, 0.29) is 16.8 Å². The van der Waals surface area contributed by atoms with E-state index in [1.807, 2.05) is 42.2 Å². The van der Waals surface area contributed by atoms with Crippen LogP contribution in [0.4, 0.5) is 5.69 Å². The van der Waals surface area contributed by atoms with Crippen LogP contribution in [0.25, 0.3) is 10.4 Å². The number of rotatable bonds is 6. The number of thiophene rings is 1. The van der Waals surface area contributed by atoms with Crippen LogP contribution in [0.1, 0.15) is 68.0 Å². The first-order valence-electron chi connectivity index (χ1n) is 11.0. The Bertz CT molecular complexity index is 898. The number of carbonyl (C=O) groups excluding carboxylic acids is 1. The van der Waals surface area contributed by atoms with Crippen molar-refractivity contribution in [1.29, 1.82) is 0 Å². The molecule has 2 aliphatic rings. The summed E-state index contributed by atoms with van der Waals surface area (Å²) in [5.74, 6) is 0.363. The van der Waals surface area contributed by atoms with Gasteiger partial charge >= 0.3 is 5.97 Å². The maximum Gasteiger partial charge on any atom is 0.348 e. The number of benzene rings is 1. The van der Waals surface area contributed by atoms with E-state index in [0.717, 1.165) is 41.9 Å². The molecule has 1 aromatic heterocycles. The standard InChI is InChI=1S/C24H29NO4S/c1-2-29-18-13-11-17(12-14-18)21-15-20(23(30-21)24(27)28)25-19(9-6-10-22(25)26)16-7-4-3-5-8-16/h11-16,19H,2-10H2,1H3,(H,27,28). The number of carboxylic acid groups (broad SMARTS) is 1. The van der Waals surface area contributed by atoms with Gasteiger partial charge in [0.2, 0.25) is 5.91 Å². The molecule has 1 N–H and O–H groups in total. The number of carboxylic acids is 1. The normalized spacial score (nSPS) is 20.4. The first-order chi connectivity index (χ1) is 14.6. The highest BCUT2D eigenvalue weighted by Gasteiger charge is 2.38. The summed E-state index contributed by atoms with van der Waals surface area (Å²) in [7, 11) is 0. The molecule has 5 nitrogen and oxygen atoms in total. The minimum Gasteiger partial charge on any atom is -0.494 e. The van der Waals surface area contributed by atoms with Crippen molar-refractivity contribution in [1.82, 2.24) is 0 Å². The number of carbonyl (C=O) groups is 2. The van der Waals surface area contributed by atoms with Crippen LogP contribution in [-0.2, 0) is 4.79 Å². The van der Waals surface area contributed by atoms with E-state index < -0.39 is 5.97 Å². The molecule has 6 heteroatoms. The highest BCUT2D eigenvalue weighted by molar-refractivity contribution is 7.18. The number of nitrogens with zero attached hydrogens (tertiary/aromatic N) is 1. The Labute approximate surface area is 181 Å². The van der Waals surface area contributed by atoms with Crippen molar-refractivity contribution >= 4 is 28.9 Å². The molecule has 2 fully saturated rings. The van der Waals surface area contributed by atoms with Gasteiger partial charge in [-0.15, -0.1) is 11.3 Å². The van der Waals surface area contributed by atoms with Gasteiger partial charge in [-0.25, -0.2) is 4.79 Å². The zero-order valence-electron chi connectivity index (χ0n) is 17.4. The molecule has 0 spiro atoms. The van der Waals surface area contributed by atoms with Gasteiger partial charge in [-0.1, -0.05) is 19.3 Å². The van der Waals surface area contributed by atoms with Crippen molar-refractivity contribution in [2.75, 3.05) is 11.5 Å². The Hall–Kier alpha value is -2.34. The van der Waals surface area contributed by atoms with E-state index in [0.29, 0.717) is 24.6 Å². The van der Waals surface area contributed by atoms with Crippen molar-refractivity contribution in [2.45, 2.75) is 64.3 Å². The third-order valence-electron chi connectivity index (χ3n) is 6.30. The van der Waals surface area contributed by atoms with Gasteiger partial charge in [0.15, 0.2) is 0 Å². The molecule has 1 saturated heterocycles. The summed E-state index contributed by atoms with van der Waals surface area (Å²) in [5.41, 5.74) is 1.52. The molecule has 2 heterocycles. The van der Waals surface area contributed by atoms with E-state index in [9.17, 15) is 14.7 Å². The average Bonchev–Trinajstić information content (AvgIpc) is 3.20. The van der Waals surface area contributed by atoms with Crippen LogP contribution in [0.2, 0.25) is 0 Å². The number of anilines is 1. The van der Waals surface area contributed by atoms with Crippen LogP contribution in [-0.4, -0.2) is 29.6 Å². The summed E-state index contributed by atoms with van der Waals surface area (Å²) in [5, 5.41) is 9.91. The van der Waals surface area contributed by atoms with Gasteiger partial charge < -0.3 is 14.7 Å². The summed E-state index contributed by atoms with van der Waals surface area (Å²) in [6, 6.07) is 9.71. The Kier molecular flexibility index (Phi) is 6.42. The Balaban J connectivity index is 1.70. The number of hydrogen-bond donors (Lipinski definition) is 1. The van der Waals surface area contributed by atoms with Crippen molar-refractivity contribution in [3.63, 3.8) is 0 Å². The van der Waals surface area contributed by atoms with Crippen LogP contribution in [0.15, 0.2) is 30.3 Å². The summed E-state index contributed by atoms with van der Waals surface area (Å²) in [6.45, 7) is 2.54. The minimum absolute atomic E-state index is 0.0652. The van der Waals surface area contributed by atoms with Crippen LogP contribution in [0.5, 0.6) is 5.75 Å². The molecule has 4 rings (SSSR count). The maximum absolute atomic E-state index is 13.0. The first kappa shape index (κ1) is 20.9. The fourth-order valence-electron chi connectivity index (χ4n) is 4.91. The third kappa shape index (κ3) is 4.24. The van der Waals surface area contributed by atoms with Gasteiger partial charge in [0.05, 0.1) is 12.3 Å². The lowest BCUT2D eigenvalue weighted by Crippen LogP contribution is -2.48. The molecule has 30 heavy (non-hydrogen) atoms. The SMILES string of the molecule is CCOc1ccc(-c2cc(N3C(=O)CCCC3C3CCCCC3)c(C(=O)O)s2)cc1. The van der Waals surface area contributed by atoms with Crippen LogP contribution >= 0.6 is 11.3 Å². The van der Waals surface area contributed by atoms with Crippen LogP contribution < -0.4 is 9.64 Å². The molecule has 1 amide bonds. The molecular weight excluding hydrogens is 398 g/mol. The predicted octanol–water partition coefficient (Wildman–Crippen LogP) is 5.98. The van der Waals surface area contributed by atoms with Gasteiger partial charge in [-0.3, -0.25) is 4.79 Å². The molecule has 1 atom stereocenters. The van der Waals surface area contributed by atoms with Gasteiger partial charge in [-0.05, 0) is 74.4 Å². The molecule has 2 aromatic rings. The second-order valence-electron chi connectivity index (χ2n) is 8.21. The molecule has 160 valence electrons. The number of aromatic carboxylic acids is 1. The highest BCUT2D eigenvalue weighted by atomic mass is 32.1. The van der Waals surface area contributed by atoms with Crippen molar-refractivity contribution in [3.05, 3.63) is 35.2 Å². The molecule has 1 aliphatic heterocycles. The van der Waals surface area contributed by atoms with Crippen molar-refractivity contribution in [2.24, 2.45) is 5.92 Å². The highest BCUT2D eigenvalue weighted by Crippen LogP contribution is 2.43. The van der Waals surface area contributed by atoms with E-state index in [2.05, 4.69) is 0 Å². The molecular formula is C24H29NO4S. The molecule has 1 aliphatic carbocycles. The average molecular weight is 428 g/mol. The second kappa shape index (κ2) is 9.21. The van der Waals surface area contributed by atoms with Crippen molar-refractivity contribution < 1.29 is 19.4 Å². The number of hydrogen-bond acceptors (Lipinski definition) is 4. The zero-order valence-corrected chi connectivity index (χ0v) is 18.2. The lowest BCUT2D eigenvalue weighted by molar-refractivity contribution is -0.120. The minimum atomic E-state index is -0.965. The van der Waals surface area contributed by atoms with Gasteiger partial charge in [0, 0.05) is 17.3 Å². The van der Waals surface area contributed by atoms with Crippen LogP contribution in [0.3, 0.4) is 0 Å². The van der Waals surface area contributed by atoms with Gasteiger partial charge in [0.25, 0.3) is 0 Å². The summed E-state index contributed by atoms with van der Waals surface area (Å²) >= 11 is 1.25. The topological polar surface area (TPSA) is 66.8 Å². The molecule has 0 radical (unpaired) electrons. The lowest BCUT2D eigenvalue weighted by atomic mass is 9.79. The maximum atomic E-state index is 13.0. The summed E-state index contributed by atoms with van der Waals surface area (Å²) < 4.78 is 5.51. The number of ether oxygens (including phenoxy) is 1. The Morgan fingerprint density at radius 1 is 1.13 bits per heavy atom. The molecule has 1 saturated carbocycles. The fraction of sp³-hybridized carbons (Fsp3) is 0.500. The quantitative estimate of drug-likeness (QED) is 0.616. The summed E-state index contributed by atoms with van der Waals surface area (Å²) in [4.78, 5) is 28.1. The molecule has 1 unspecified atom stereocenters. The largest absolute Gasteiger partial charge is 0.494 e. The Morgan fingerprint density at radius 2 is 1.87 bits per heavy atom. The Morgan fingerprint density at radius 3 is 2.53 bits per heavy atom. The smallest absolute Gasteiger partial charge is 0.348 e. The number of amides is 1. The van der Waals surface area contributed by atoms with E-state index in [1.54, 1.807) is 0 Å². The first-order valence-corrected chi connectivity index (χ1v) is 11.8. The van der Waals surface area contributed by atoms with Crippen molar-refractivity contribution in [3.8, 4) is 16.2 Å². The molecule has 1 aromatic carbocycles. The summed E-state index contributed by atoms with van der Waals surface area (Å²) in [6.07, 6.45) is 8.29. The van der Waals surface area contributed by atoms with E-state index in [4.69, 9.17) is 4.74 Å². The fourth-order valence-corrected chi connectivity index (χ4v) is 5.91. The van der Waals surface area contributed by atoms with Gasteiger partial charge in [0.1, 0.15) is 10.6 Å². The lowest BCUT2D eigenvalue weighted by Gasteiger charge is -2.41. The van der Waals surface area contributed by atoms with Gasteiger partial charge in [-0.2, -0.15) is 0 Å². The molecule has 0 bridgehead atoms. The number of piperidine rings is 1. The van der Waals surface area contributed by atoms with E-state index >= 15 is 0 Å². The predicted molar refractivity (Wildman–Crippen MR) is 120 cm³/mol. The van der Waals surface area contributed by atoms with Crippen LogP contribution in [0, 0.1) is 5.92 Å². The third-order valence-corrected chi connectivity index (χ3v) is 7.46. The monoisotopic (exact) mass is 427 g/mol. The van der Waals surface area contributed by atoms with E-state index in [1.165, 1.54) is 30.6 Å². The second-order valence-corrected chi connectivity index (χ2v) is 9.26.